The summed E-state index contributed by atoms with van der Waals surface area (Å²) in [5.74, 6) is -3.05. The number of phenolic OH excluding ortho intramolecular Hbond substituents is 1. The molecule has 0 aliphatic rings. The number of carbonyl (C=O) groups is 2. The van der Waals surface area contributed by atoms with Crippen LogP contribution < -0.4 is 0 Å². The maximum absolute atomic E-state index is 13.3. The van der Waals surface area contributed by atoms with Crippen molar-refractivity contribution in [1.29, 1.82) is 0 Å². The maximum Gasteiger partial charge on any atom is 0.338 e. The maximum atomic E-state index is 13.3. The molecule has 0 aliphatic heterocycles. The molecule has 1 N–H and O–H groups in total. The molecule has 0 aliphatic carbocycles. The zero-order valence-electron chi connectivity index (χ0n) is 12.5. The average molecular weight is 337 g/mol. The molecule has 0 unspecified atom stereocenters. The largest absolute Gasteiger partial charge is 0.504 e. The van der Waals surface area contributed by atoms with E-state index in [1.807, 2.05) is 13.8 Å². The van der Waals surface area contributed by atoms with E-state index in [9.17, 15) is 19.1 Å². The van der Waals surface area contributed by atoms with Gasteiger partial charge in [0.05, 0.1) is 10.6 Å². The predicted molar refractivity (Wildman–Crippen MR) is 83.6 cm³/mol. The van der Waals surface area contributed by atoms with Gasteiger partial charge in [0.2, 0.25) is 0 Å². The van der Waals surface area contributed by atoms with Crippen molar-refractivity contribution in [2.24, 2.45) is 0 Å². The Labute approximate surface area is 137 Å². The van der Waals surface area contributed by atoms with E-state index in [1.54, 1.807) is 18.2 Å². The van der Waals surface area contributed by atoms with Crippen LogP contribution in [0.4, 0.5) is 4.39 Å². The summed E-state index contributed by atoms with van der Waals surface area (Å²) >= 11 is 5.59. The molecule has 4 nitrogen and oxygen atoms in total. The van der Waals surface area contributed by atoms with Gasteiger partial charge >= 0.3 is 5.97 Å². The SMILES string of the molecule is Cc1ccc(C(=O)COC(=O)c2cc(F)c(O)c(Cl)c2)cc1C. The average Bonchev–Trinajstić information content (AvgIpc) is 2.52. The number of phenols is 1. The van der Waals surface area contributed by atoms with Crippen molar-refractivity contribution < 1.29 is 23.8 Å². The first-order valence-corrected chi connectivity index (χ1v) is 7.13. The molecule has 2 aromatic carbocycles. The van der Waals surface area contributed by atoms with Crippen molar-refractivity contribution in [2.45, 2.75) is 13.8 Å². The van der Waals surface area contributed by atoms with E-state index in [4.69, 9.17) is 16.3 Å². The van der Waals surface area contributed by atoms with Gasteiger partial charge < -0.3 is 9.84 Å². The lowest BCUT2D eigenvalue weighted by atomic mass is 10.0. The molecule has 6 heteroatoms. The number of esters is 1. The Balaban J connectivity index is 2.06. The summed E-state index contributed by atoms with van der Waals surface area (Å²) in [5, 5.41) is 8.91. The van der Waals surface area contributed by atoms with Crippen molar-refractivity contribution >= 4 is 23.4 Å². The van der Waals surface area contributed by atoms with Gasteiger partial charge in [-0.3, -0.25) is 4.79 Å². The van der Waals surface area contributed by atoms with E-state index in [2.05, 4.69) is 0 Å². The number of Topliss-reactive ketones (excluding diaryl/α,β-unsaturated/α-hetero) is 1. The third-order valence-corrected chi connectivity index (χ3v) is 3.70. The zero-order chi connectivity index (χ0) is 17.1. The van der Waals surface area contributed by atoms with Gasteiger partial charge in [-0.2, -0.15) is 0 Å². The molecule has 0 bridgehead atoms. The number of rotatable bonds is 4. The molecule has 0 atom stereocenters. The molecular formula is C17H14ClFO4. The van der Waals surface area contributed by atoms with E-state index in [0.717, 1.165) is 23.3 Å². The second kappa shape index (κ2) is 6.79. The summed E-state index contributed by atoms with van der Waals surface area (Å²) in [6.45, 7) is 3.33. The second-order valence-corrected chi connectivity index (χ2v) is 5.49. The van der Waals surface area contributed by atoms with Crippen LogP contribution in [0.15, 0.2) is 30.3 Å². The Morgan fingerprint density at radius 3 is 2.43 bits per heavy atom. The molecule has 0 spiro atoms. The molecule has 120 valence electrons. The van der Waals surface area contributed by atoms with E-state index in [1.165, 1.54) is 0 Å². The third kappa shape index (κ3) is 3.87. The first kappa shape index (κ1) is 17.0. The van der Waals surface area contributed by atoms with Crippen LogP contribution in [0.25, 0.3) is 0 Å². The topological polar surface area (TPSA) is 63.6 Å². The molecule has 0 saturated heterocycles. The molecule has 0 heterocycles. The zero-order valence-corrected chi connectivity index (χ0v) is 13.3. The van der Waals surface area contributed by atoms with Gasteiger partial charge in [-0.25, -0.2) is 9.18 Å². The number of hydrogen-bond donors (Lipinski definition) is 1. The minimum atomic E-state index is -1.04. The van der Waals surface area contributed by atoms with Crippen molar-refractivity contribution in [2.75, 3.05) is 6.61 Å². The van der Waals surface area contributed by atoms with E-state index < -0.39 is 24.1 Å². The van der Waals surface area contributed by atoms with Crippen molar-refractivity contribution in [3.63, 3.8) is 0 Å². The highest BCUT2D eigenvalue weighted by Crippen LogP contribution is 2.27. The molecule has 0 saturated carbocycles. The van der Waals surface area contributed by atoms with Crippen LogP contribution in [0.3, 0.4) is 0 Å². The van der Waals surface area contributed by atoms with Crippen molar-refractivity contribution in [3.05, 3.63) is 63.4 Å². The van der Waals surface area contributed by atoms with Gasteiger partial charge in [0, 0.05) is 5.56 Å². The van der Waals surface area contributed by atoms with Crippen molar-refractivity contribution in [3.8, 4) is 5.75 Å². The minimum absolute atomic E-state index is 0.182. The molecule has 2 aromatic rings. The lowest BCUT2D eigenvalue weighted by molar-refractivity contribution is 0.0474. The Morgan fingerprint density at radius 1 is 1.13 bits per heavy atom. The van der Waals surface area contributed by atoms with Gasteiger partial charge in [0.1, 0.15) is 0 Å². The quantitative estimate of drug-likeness (QED) is 0.680. The third-order valence-electron chi connectivity index (χ3n) is 3.42. The Hall–Kier alpha value is -2.40. The number of aryl methyl sites for hydroxylation is 2. The van der Waals surface area contributed by atoms with Gasteiger partial charge in [0.15, 0.2) is 24.0 Å². The summed E-state index contributed by atoms with van der Waals surface area (Å²) in [7, 11) is 0. The summed E-state index contributed by atoms with van der Waals surface area (Å²) in [4.78, 5) is 23.9. The molecule has 0 radical (unpaired) electrons. The van der Waals surface area contributed by atoms with Crippen LogP contribution in [0, 0.1) is 19.7 Å². The molecule has 0 aromatic heterocycles. The highest BCUT2D eigenvalue weighted by Gasteiger charge is 2.16. The van der Waals surface area contributed by atoms with Crippen LogP contribution in [0.5, 0.6) is 5.75 Å². The molecule has 23 heavy (non-hydrogen) atoms. The summed E-state index contributed by atoms with van der Waals surface area (Å²) in [6, 6.07) is 7.03. The first-order valence-electron chi connectivity index (χ1n) is 6.75. The fourth-order valence-electron chi connectivity index (χ4n) is 1.90. The van der Waals surface area contributed by atoms with Crippen LogP contribution in [0.1, 0.15) is 31.8 Å². The van der Waals surface area contributed by atoms with Crippen LogP contribution in [0.2, 0.25) is 5.02 Å². The number of ketones is 1. The van der Waals surface area contributed by atoms with Gasteiger partial charge in [-0.1, -0.05) is 23.7 Å². The van der Waals surface area contributed by atoms with Gasteiger partial charge in [-0.05, 0) is 43.2 Å². The fourth-order valence-corrected chi connectivity index (χ4v) is 2.10. The molecular weight excluding hydrogens is 323 g/mol. The lowest BCUT2D eigenvalue weighted by Gasteiger charge is -2.07. The number of carbonyl (C=O) groups excluding carboxylic acids is 2. The molecule has 2 rings (SSSR count). The number of ether oxygens (including phenoxy) is 1. The fraction of sp³-hybridized carbons (Fsp3) is 0.176. The van der Waals surface area contributed by atoms with E-state index in [-0.39, 0.29) is 16.4 Å². The van der Waals surface area contributed by atoms with Crippen LogP contribution in [-0.2, 0) is 4.74 Å². The number of hydrogen-bond acceptors (Lipinski definition) is 4. The Bertz CT molecular complexity index is 763. The normalized spacial score (nSPS) is 10.4. The summed E-state index contributed by atoms with van der Waals surface area (Å²) in [5.41, 5.74) is 2.25. The lowest BCUT2D eigenvalue weighted by Crippen LogP contribution is -2.14. The number of aromatic hydroxyl groups is 1. The summed E-state index contributed by atoms with van der Waals surface area (Å²) in [6.07, 6.45) is 0. The highest BCUT2D eigenvalue weighted by molar-refractivity contribution is 6.32. The van der Waals surface area contributed by atoms with E-state index in [0.29, 0.717) is 5.56 Å². The minimum Gasteiger partial charge on any atom is -0.504 e. The highest BCUT2D eigenvalue weighted by atomic mass is 35.5. The molecule has 0 amide bonds. The monoisotopic (exact) mass is 336 g/mol. The van der Waals surface area contributed by atoms with Crippen molar-refractivity contribution in [1.82, 2.24) is 0 Å². The van der Waals surface area contributed by atoms with Gasteiger partial charge in [-0.15, -0.1) is 0 Å². The van der Waals surface area contributed by atoms with Crippen LogP contribution >= 0.6 is 11.6 Å². The van der Waals surface area contributed by atoms with Crippen LogP contribution in [-0.4, -0.2) is 23.5 Å². The Kier molecular flexibility index (Phi) is 5.01. The molecule has 0 fully saturated rings. The number of benzene rings is 2. The predicted octanol–water partition coefficient (Wildman–Crippen LogP) is 3.84. The number of halogens is 2. The van der Waals surface area contributed by atoms with Gasteiger partial charge in [0.25, 0.3) is 0 Å². The van der Waals surface area contributed by atoms with E-state index >= 15 is 0 Å². The smallest absolute Gasteiger partial charge is 0.338 e. The summed E-state index contributed by atoms with van der Waals surface area (Å²) < 4.78 is 18.2. The standard InChI is InChI=1S/C17H14ClFO4/c1-9-3-4-11(5-10(9)2)15(20)8-23-17(22)12-6-13(18)16(21)14(19)7-12/h3-7,21H,8H2,1-2H3. The first-order chi connectivity index (χ1) is 10.8. The Morgan fingerprint density at radius 2 is 1.83 bits per heavy atom. The second-order valence-electron chi connectivity index (χ2n) is 5.09.